The molecule has 2 amide bonds. The van der Waals surface area contributed by atoms with E-state index in [9.17, 15) is 24.3 Å². The van der Waals surface area contributed by atoms with Crippen molar-refractivity contribution in [3.05, 3.63) is 35.9 Å². The number of nitrogens with two attached hydrogens (primary N) is 3. The fourth-order valence-corrected chi connectivity index (χ4v) is 2.40. The molecule has 0 aromatic heterocycles. The van der Waals surface area contributed by atoms with Crippen LogP contribution in [0.4, 0.5) is 0 Å². The Hall–Kier alpha value is -3.18. The first-order valence-corrected chi connectivity index (χ1v) is 10.2. The molecule has 0 saturated carbocycles. The van der Waals surface area contributed by atoms with Crippen LogP contribution in [0.3, 0.4) is 0 Å². The van der Waals surface area contributed by atoms with Gasteiger partial charge in [0, 0.05) is 13.5 Å². The lowest BCUT2D eigenvalue weighted by molar-refractivity contribution is -0.142. The second-order valence-corrected chi connectivity index (χ2v) is 7.38. The van der Waals surface area contributed by atoms with Crippen molar-refractivity contribution in [1.29, 1.82) is 0 Å². The number of carbonyl (C=O) groups is 4. The van der Waals surface area contributed by atoms with E-state index in [4.69, 9.17) is 17.2 Å². The minimum atomic E-state index is -1.18. The summed E-state index contributed by atoms with van der Waals surface area (Å²) in [6.07, 6.45) is 0.841. The summed E-state index contributed by atoms with van der Waals surface area (Å²) in [6, 6.07) is 6.37. The topological polar surface area (TPSA) is 203 Å². The van der Waals surface area contributed by atoms with Gasteiger partial charge in [0.1, 0.15) is 12.1 Å². The van der Waals surface area contributed by atoms with Gasteiger partial charge >= 0.3 is 5.97 Å². The van der Waals surface area contributed by atoms with Crippen LogP contribution >= 0.6 is 11.6 Å². The molecule has 1 aromatic rings. The van der Waals surface area contributed by atoms with Crippen molar-refractivity contribution in [2.75, 3.05) is 6.54 Å². The average Bonchev–Trinajstić information content (AvgIpc) is 2.69. The molecule has 1 rings (SSSR count). The summed E-state index contributed by atoms with van der Waals surface area (Å²) >= 11 is 4.64. The molecular formula is C20H31ClN6O5. The van der Waals surface area contributed by atoms with Gasteiger partial charge in [-0.25, -0.2) is 4.79 Å². The molecule has 11 nitrogen and oxygen atoms in total. The highest BCUT2D eigenvalue weighted by Crippen LogP contribution is 2.03. The highest BCUT2D eigenvalue weighted by molar-refractivity contribution is 6.62. The van der Waals surface area contributed by atoms with Crippen LogP contribution in [-0.4, -0.2) is 58.8 Å². The maximum absolute atomic E-state index is 12.2. The Bertz CT molecular complexity index is 782. The summed E-state index contributed by atoms with van der Waals surface area (Å²) < 4.78 is 0. The molecule has 0 unspecified atom stereocenters. The summed E-state index contributed by atoms with van der Waals surface area (Å²) in [5.41, 5.74) is 17.2. The van der Waals surface area contributed by atoms with Crippen molar-refractivity contribution < 1.29 is 24.3 Å². The molecule has 0 aliphatic rings. The summed E-state index contributed by atoms with van der Waals surface area (Å²) in [7, 11) is 0. The summed E-state index contributed by atoms with van der Waals surface area (Å²) in [4.78, 5) is 48.7. The van der Waals surface area contributed by atoms with E-state index in [1.54, 1.807) is 0 Å². The number of benzene rings is 1. The maximum Gasteiger partial charge on any atom is 0.326 e. The Morgan fingerprint density at radius 3 is 2.16 bits per heavy atom. The molecule has 12 heteroatoms. The molecular weight excluding hydrogens is 440 g/mol. The predicted molar refractivity (Wildman–Crippen MR) is 122 cm³/mol. The van der Waals surface area contributed by atoms with E-state index in [2.05, 4.69) is 27.2 Å². The van der Waals surface area contributed by atoms with Gasteiger partial charge in [-0.15, -0.1) is 0 Å². The van der Waals surface area contributed by atoms with Crippen molar-refractivity contribution in [2.45, 2.75) is 51.2 Å². The summed E-state index contributed by atoms with van der Waals surface area (Å²) in [5.74, 6) is -2.38. The Labute approximate surface area is 191 Å². The van der Waals surface area contributed by atoms with E-state index < -0.39 is 35.9 Å². The van der Waals surface area contributed by atoms with Crippen molar-refractivity contribution in [1.82, 2.24) is 10.6 Å². The van der Waals surface area contributed by atoms with Crippen LogP contribution in [0, 0.1) is 0 Å². The highest BCUT2D eigenvalue weighted by atomic mass is 35.5. The molecule has 0 heterocycles. The number of nitrogens with one attached hydrogen (secondary N) is 2. The minimum absolute atomic E-state index is 0.0842. The zero-order chi connectivity index (χ0) is 24.7. The van der Waals surface area contributed by atoms with Gasteiger partial charge in [-0.05, 0) is 43.4 Å². The Balaban J connectivity index is 0.00000220. The number of hydrogen-bond donors (Lipinski definition) is 6. The minimum Gasteiger partial charge on any atom is -0.480 e. The summed E-state index contributed by atoms with van der Waals surface area (Å²) in [6.45, 7) is 3.00. The maximum atomic E-state index is 12.2. The molecule has 1 aromatic carbocycles. The van der Waals surface area contributed by atoms with Gasteiger partial charge in [0.25, 0.3) is 0 Å². The van der Waals surface area contributed by atoms with Gasteiger partial charge in [-0.2, -0.15) is 0 Å². The highest BCUT2D eigenvalue weighted by Gasteiger charge is 2.25. The molecule has 0 saturated heterocycles. The molecule has 0 radical (unpaired) electrons. The van der Waals surface area contributed by atoms with Gasteiger partial charge in [0.05, 0.1) is 6.04 Å². The van der Waals surface area contributed by atoms with Gasteiger partial charge in [-0.1, -0.05) is 30.3 Å². The van der Waals surface area contributed by atoms with Crippen LogP contribution in [0.25, 0.3) is 0 Å². The Morgan fingerprint density at radius 1 is 1.09 bits per heavy atom. The number of rotatable bonds is 11. The third-order valence-corrected chi connectivity index (χ3v) is 3.95. The second kappa shape index (κ2) is 15.6. The smallest absolute Gasteiger partial charge is 0.326 e. The SMILES string of the molecule is CC(=O)Cl.C[C@H](NC(=O)[C@@H](N)Cc1ccccc1)C(=O)N[C@@H](CCCN=C(N)N)C(=O)O. The first-order valence-electron chi connectivity index (χ1n) is 9.78. The lowest BCUT2D eigenvalue weighted by Crippen LogP contribution is -2.53. The monoisotopic (exact) mass is 470 g/mol. The van der Waals surface area contributed by atoms with Crippen molar-refractivity contribution >= 4 is 40.6 Å². The third kappa shape index (κ3) is 13.9. The molecule has 3 atom stereocenters. The quantitative estimate of drug-likeness (QED) is 0.107. The third-order valence-electron chi connectivity index (χ3n) is 3.95. The van der Waals surface area contributed by atoms with Crippen LogP contribution in [0.15, 0.2) is 35.3 Å². The number of aliphatic carboxylic acids is 1. The van der Waals surface area contributed by atoms with Crippen LogP contribution in [0.2, 0.25) is 0 Å². The number of carboxylic acid groups (broad SMARTS) is 1. The van der Waals surface area contributed by atoms with Crippen LogP contribution in [0.5, 0.6) is 0 Å². The number of carbonyl (C=O) groups excluding carboxylic acids is 3. The molecule has 32 heavy (non-hydrogen) atoms. The number of amides is 2. The zero-order valence-electron chi connectivity index (χ0n) is 18.1. The first kappa shape index (κ1) is 28.8. The van der Waals surface area contributed by atoms with Crippen molar-refractivity contribution in [2.24, 2.45) is 22.2 Å². The number of carboxylic acids is 1. The van der Waals surface area contributed by atoms with Gasteiger partial charge in [-0.3, -0.25) is 19.4 Å². The molecule has 0 aliphatic heterocycles. The predicted octanol–water partition coefficient (Wildman–Crippen LogP) is -0.544. The lowest BCUT2D eigenvalue weighted by atomic mass is 10.1. The van der Waals surface area contributed by atoms with E-state index in [-0.39, 0.29) is 24.2 Å². The second-order valence-electron chi connectivity index (χ2n) is 6.84. The molecule has 0 bridgehead atoms. The number of guanidine groups is 1. The zero-order valence-corrected chi connectivity index (χ0v) is 18.8. The van der Waals surface area contributed by atoms with Crippen LogP contribution < -0.4 is 27.8 Å². The van der Waals surface area contributed by atoms with E-state index in [0.717, 1.165) is 5.56 Å². The van der Waals surface area contributed by atoms with Gasteiger partial charge < -0.3 is 32.9 Å². The van der Waals surface area contributed by atoms with E-state index in [0.29, 0.717) is 12.8 Å². The molecule has 0 fully saturated rings. The number of aliphatic imine (C=N–C) groups is 1. The van der Waals surface area contributed by atoms with Crippen LogP contribution in [-0.2, 0) is 25.6 Å². The number of halogens is 1. The fourth-order valence-electron chi connectivity index (χ4n) is 2.40. The number of hydrogen-bond acceptors (Lipinski definition) is 6. The average molecular weight is 471 g/mol. The Kier molecular flexibility index (Phi) is 14.0. The molecule has 9 N–H and O–H groups in total. The summed E-state index contributed by atoms with van der Waals surface area (Å²) in [5, 5.41) is 13.8. The normalized spacial score (nSPS) is 12.8. The van der Waals surface area contributed by atoms with Crippen molar-refractivity contribution in [3.63, 3.8) is 0 Å². The lowest BCUT2D eigenvalue weighted by Gasteiger charge is -2.20. The van der Waals surface area contributed by atoms with Gasteiger partial charge in [0.15, 0.2) is 5.96 Å². The Morgan fingerprint density at radius 2 is 1.66 bits per heavy atom. The van der Waals surface area contributed by atoms with Crippen LogP contribution in [0.1, 0.15) is 32.3 Å². The molecule has 0 spiro atoms. The molecule has 0 aliphatic carbocycles. The van der Waals surface area contributed by atoms with E-state index in [1.807, 2.05) is 30.3 Å². The number of nitrogens with zero attached hydrogens (tertiary/aromatic N) is 1. The van der Waals surface area contributed by atoms with Gasteiger partial charge in [0.2, 0.25) is 17.1 Å². The van der Waals surface area contributed by atoms with Crippen molar-refractivity contribution in [3.8, 4) is 0 Å². The first-order chi connectivity index (χ1) is 14.9. The van der Waals surface area contributed by atoms with E-state index in [1.165, 1.54) is 13.8 Å². The van der Waals surface area contributed by atoms with E-state index >= 15 is 0 Å². The fraction of sp³-hybridized carbons (Fsp3) is 0.450. The largest absolute Gasteiger partial charge is 0.480 e. The molecule has 178 valence electrons. The standard InChI is InChI=1S/C18H28N6O4.C2H3ClO/c1-11(23-16(26)13(19)10-12-6-3-2-4-7-12)15(25)24-14(17(27)28)8-5-9-22-18(20)21;1-2(3)4/h2-4,6-7,11,13-14H,5,8-10,19H2,1H3,(H,23,26)(H,24,25)(H,27,28)(H4,20,21,22);1H3/t11-,13-,14-;/m0./s1.